The average Bonchev–Trinajstić information content (AvgIpc) is 2.91. The Balaban J connectivity index is 1.70. The predicted molar refractivity (Wildman–Crippen MR) is 105 cm³/mol. The van der Waals surface area contributed by atoms with Crippen molar-refractivity contribution in [3.8, 4) is 0 Å². The molecule has 0 atom stereocenters. The standard InChI is InChI=1S/C22H25N3O/c1-16-10-11-19(17(2)14-16)23-21-18-8-4-5-9-20(18)25(22(21)26)15-24-12-6-3-7-13-24/h4-5,8-11,14H,3,6-7,12-13,15H2,1-2H3/p+1. The number of para-hydroxylation sites is 1. The van der Waals surface area contributed by atoms with E-state index >= 15 is 0 Å². The van der Waals surface area contributed by atoms with Crippen LogP contribution >= 0.6 is 0 Å². The third kappa shape index (κ3) is 3.17. The summed E-state index contributed by atoms with van der Waals surface area (Å²) >= 11 is 0. The zero-order chi connectivity index (χ0) is 18.1. The second-order valence-electron chi connectivity index (χ2n) is 7.47. The molecule has 2 aromatic rings. The number of aliphatic imine (C=N–C) groups is 1. The number of anilines is 1. The highest BCUT2D eigenvalue weighted by Gasteiger charge is 2.36. The number of nitrogens with one attached hydrogen (secondary N) is 1. The summed E-state index contributed by atoms with van der Waals surface area (Å²) in [4.78, 5) is 21.4. The number of quaternary nitrogens is 1. The van der Waals surface area contributed by atoms with Crippen molar-refractivity contribution in [1.29, 1.82) is 0 Å². The van der Waals surface area contributed by atoms with Crippen LogP contribution in [0, 0.1) is 13.8 Å². The third-order valence-electron chi connectivity index (χ3n) is 5.42. The number of rotatable bonds is 3. The molecule has 0 saturated carbocycles. The van der Waals surface area contributed by atoms with Crippen LogP contribution in [0.5, 0.6) is 0 Å². The van der Waals surface area contributed by atoms with Crippen molar-refractivity contribution in [3.05, 3.63) is 59.2 Å². The molecule has 1 fully saturated rings. The van der Waals surface area contributed by atoms with E-state index in [1.807, 2.05) is 48.2 Å². The SMILES string of the molecule is Cc1ccc(N=C2C(=O)N(C[NH+]3CCCCC3)c3ccccc32)c(C)c1. The van der Waals surface area contributed by atoms with Crippen molar-refractivity contribution >= 4 is 23.0 Å². The van der Waals surface area contributed by atoms with E-state index in [1.165, 1.54) is 29.7 Å². The molecule has 1 N–H and O–H groups in total. The van der Waals surface area contributed by atoms with E-state index in [-0.39, 0.29) is 5.91 Å². The van der Waals surface area contributed by atoms with E-state index in [9.17, 15) is 4.79 Å². The first-order valence-electron chi connectivity index (χ1n) is 9.54. The topological polar surface area (TPSA) is 37.1 Å². The normalized spacial score (nSPS) is 19.2. The third-order valence-corrected chi connectivity index (χ3v) is 5.42. The summed E-state index contributed by atoms with van der Waals surface area (Å²) in [6.45, 7) is 7.16. The molecule has 0 bridgehead atoms. The molecular weight excluding hydrogens is 322 g/mol. The van der Waals surface area contributed by atoms with Gasteiger partial charge in [-0.15, -0.1) is 0 Å². The van der Waals surface area contributed by atoms with Gasteiger partial charge in [-0.1, -0.05) is 35.9 Å². The van der Waals surface area contributed by atoms with Crippen LogP contribution in [0.15, 0.2) is 47.5 Å². The van der Waals surface area contributed by atoms with Gasteiger partial charge in [0, 0.05) is 5.56 Å². The van der Waals surface area contributed by atoms with Gasteiger partial charge in [0.2, 0.25) is 0 Å². The summed E-state index contributed by atoms with van der Waals surface area (Å²) in [6.07, 6.45) is 3.82. The fourth-order valence-corrected chi connectivity index (χ4v) is 4.01. The number of hydrogen-bond acceptors (Lipinski definition) is 2. The molecule has 2 aliphatic rings. The Morgan fingerprint density at radius 1 is 1.04 bits per heavy atom. The molecule has 4 nitrogen and oxygen atoms in total. The van der Waals surface area contributed by atoms with Gasteiger partial charge < -0.3 is 4.90 Å². The number of hydrogen-bond donors (Lipinski definition) is 1. The van der Waals surface area contributed by atoms with Crippen molar-refractivity contribution in [2.45, 2.75) is 33.1 Å². The minimum atomic E-state index is 0.0317. The zero-order valence-corrected chi connectivity index (χ0v) is 15.6. The molecule has 26 heavy (non-hydrogen) atoms. The van der Waals surface area contributed by atoms with Crippen LogP contribution in [0.2, 0.25) is 0 Å². The first kappa shape index (κ1) is 17.0. The lowest BCUT2D eigenvalue weighted by molar-refractivity contribution is -0.903. The molecule has 2 aliphatic heterocycles. The van der Waals surface area contributed by atoms with Crippen LogP contribution in [-0.4, -0.2) is 31.4 Å². The van der Waals surface area contributed by atoms with Crippen molar-refractivity contribution in [3.63, 3.8) is 0 Å². The molecule has 0 aromatic heterocycles. The van der Waals surface area contributed by atoms with Gasteiger partial charge in [-0.25, -0.2) is 4.99 Å². The van der Waals surface area contributed by atoms with Gasteiger partial charge in [0.05, 0.1) is 24.5 Å². The molecule has 0 radical (unpaired) electrons. The number of nitrogens with zero attached hydrogens (tertiary/aromatic N) is 2. The van der Waals surface area contributed by atoms with Gasteiger partial charge >= 0.3 is 0 Å². The number of amides is 1. The molecule has 2 aromatic carbocycles. The number of aryl methyl sites for hydroxylation is 2. The summed E-state index contributed by atoms with van der Waals surface area (Å²) in [5.41, 5.74) is 5.71. The van der Waals surface area contributed by atoms with Crippen LogP contribution in [0.1, 0.15) is 36.0 Å². The van der Waals surface area contributed by atoms with Gasteiger partial charge in [0.15, 0.2) is 6.67 Å². The van der Waals surface area contributed by atoms with Crippen molar-refractivity contribution < 1.29 is 9.69 Å². The lowest BCUT2D eigenvalue weighted by Gasteiger charge is -2.27. The van der Waals surface area contributed by atoms with Gasteiger partial charge in [0.25, 0.3) is 5.91 Å². The summed E-state index contributed by atoms with van der Waals surface area (Å²) in [7, 11) is 0. The second-order valence-corrected chi connectivity index (χ2v) is 7.47. The summed E-state index contributed by atoms with van der Waals surface area (Å²) in [6, 6.07) is 14.2. The Morgan fingerprint density at radius 2 is 1.81 bits per heavy atom. The lowest BCUT2D eigenvalue weighted by atomic mass is 10.1. The molecule has 4 rings (SSSR count). The molecule has 1 amide bonds. The van der Waals surface area contributed by atoms with E-state index in [1.54, 1.807) is 0 Å². The summed E-state index contributed by atoms with van der Waals surface area (Å²) < 4.78 is 0. The molecular formula is C22H26N3O+. The lowest BCUT2D eigenvalue weighted by Crippen LogP contribution is -3.14. The van der Waals surface area contributed by atoms with Crippen LogP contribution < -0.4 is 9.80 Å². The van der Waals surface area contributed by atoms with E-state index in [4.69, 9.17) is 4.99 Å². The van der Waals surface area contributed by atoms with E-state index < -0.39 is 0 Å². The van der Waals surface area contributed by atoms with Gasteiger partial charge in [-0.05, 0) is 50.8 Å². The number of piperidine rings is 1. The molecule has 1 saturated heterocycles. The molecule has 134 valence electrons. The number of carbonyl (C=O) groups is 1. The number of carbonyl (C=O) groups excluding carboxylic acids is 1. The highest BCUT2D eigenvalue weighted by atomic mass is 16.2. The Morgan fingerprint density at radius 3 is 2.58 bits per heavy atom. The molecule has 0 spiro atoms. The molecule has 0 aliphatic carbocycles. The van der Waals surface area contributed by atoms with Crippen molar-refractivity contribution in [2.24, 2.45) is 4.99 Å². The summed E-state index contributed by atoms with van der Waals surface area (Å²) in [5.74, 6) is 0.0317. The predicted octanol–water partition coefficient (Wildman–Crippen LogP) is 2.80. The van der Waals surface area contributed by atoms with Crippen LogP contribution in [-0.2, 0) is 4.79 Å². The Labute approximate surface area is 155 Å². The Kier molecular flexibility index (Phi) is 4.60. The quantitative estimate of drug-likeness (QED) is 0.910. The summed E-state index contributed by atoms with van der Waals surface area (Å²) in [5, 5.41) is 0. The maximum Gasteiger partial charge on any atom is 0.281 e. The van der Waals surface area contributed by atoms with Gasteiger partial charge in [-0.2, -0.15) is 0 Å². The van der Waals surface area contributed by atoms with E-state index in [2.05, 4.69) is 13.0 Å². The molecule has 0 unspecified atom stereocenters. The van der Waals surface area contributed by atoms with Crippen LogP contribution in [0.3, 0.4) is 0 Å². The highest BCUT2D eigenvalue weighted by Crippen LogP contribution is 2.31. The van der Waals surface area contributed by atoms with Crippen LogP contribution in [0.4, 0.5) is 11.4 Å². The largest absolute Gasteiger partial charge is 0.317 e. The molecule has 4 heteroatoms. The number of likely N-dealkylation sites (tertiary alicyclic amines) is 1. The zero-order valence-electron chi connectivity index (χ0n) is 15.6. The van der Waals surface area contributed by atoms with Crippen molar-refractivity contribution in [2.75, 3.05) is 24.7 Å². The Hall–Kier alpha value is -2.46. The maximum atomic E-state index is 13.2. The first-order valence-corrected chi connectivity index (χ1v) is 9.54. The second kappa shape index (κ2) is 7.04. The number of fused-ring (bicyclic) bond motifs is 1. The molecule has 2 heterocycles. The smallest absolute Gasteiger partial charge is 0.281 e. The monoisotopic (exact) mass is 348 g/mol. The van der Waals surface area contributed by atoms with E-state index in [0.717, 1.165) is 42.3 Å². The van der Waals surface area contributed by atoms with E-state index in [0.29, 0.717) is 5.71 Å². The fourth-order valence-electron chi connectivity index (χ4n) is 4.01. The fraction of sp³-hybridized carbons (Fsp3) is 0.364. The average molecular weight is 348 g/mol. The van der Waals surface area contributed by atoms with Crippen molar-refractivity contribution in [1.82, 2.24) is 0 Å². The van der Waals surface area contributed by atoms with Gasteiger partial charge in [-0.3, -0.25) is 9.69 Å². The maximum absolute atomic E-state index is 13.2. The van der Waals surface area contributed by atoms with Crippen LogP contribution in [0.25, 0.3) is 0 Å². The number of benzene rings is 2. The Bertz CT molecular complexity index is 865. The highest BCUT2D eigenvalue weighted by molar-refractivity contribution is 6.54. The van der Waals surface area contributed by atoms with Gasteiger partial charge in [0.1, 0.15) is 5.71 Å². The minimum absolute atomic E-state index is 0.0317. The first-order chi connectivity index (χ1) is 12.6. The minimum Gasteiger partial charge on any atom is -0.317 e.